The lowest BCUT2D eigenvalue weighted by Crippen LogP contribution is -2.27. The molecule has 0 unspecified atom stereocenters. The third kappa shape index (κ3) is 4.31. The van der Waals surface area contributed by atoms with Gasteiger partial charge in [0, 0.05) is 16.4 Å². The number of halogens is 3. The molecule has 1 aliphatic rings. The largest absolute Gasteiger partial charge is 0.322 e. The number of nitrogens with zero attached hydrogens (tertiary/aromatic N) is 1. The van der Waals surface area contributed by atoms with E-state index in [9.17, 15) is 14.0 Å². The summed E-state index contributed by atoms with van der Waals surface area (Å²) in [4.78, 5) is 26.6. The maximum Gasteiger partial charge on any atom is 0.257 e. The second-order valence-electron chi connectivity index (χ2n) is 6.61. The van der Waals surface area contributed by atoms with Gasteiger partial charge in [-0.3, -0.25) is 14.5 Å². The van der Waals surface area contributed by atoms with Gasteiger partial charge in [0.05, 0.1) is 16.3 Å². The standard InChI is InChI=1S/C22H15Cl2FN2O2S/c23-14-7-8-18(19(24)10-14)21(29)26-16-5-1-3-13(9-16)22-27(20(28)12-30-22)17-6-2-4-15(25)11-17/h1-11,22H,12H2,(H,26,29)/t22-/m0/s1. The van der Waals surface area contributed by atoms with Crippen LogP contribution < -0.4 is 10.2 Å². The summed E-state index contributed by atoms with van der Waals surface area (Å²) in [5.74, 6) is -0.584. The van der Waals surface area contributed by atoms with Crippen LogP contribution in [-0.2, 0) is 4.79 Å². The van der Waals surface area contributed by atoms with E-state index < -0.39 is 5.82 Å². The number of amides is 2. The number of benzene rings is 3. The SMILES string of the molecule is O=C(Nc1cccc([C@@H]2SCC(=O)N2c2cccc(F)c2)c1)c1ccc(Cl)cc1Cl. The Morgan fingerprint density at radius 2 is 1.87 bits per heavy atom. The molecule has 3 aromatic carbocycles. The third-order valence-electron chi connectivity index (χ3n) is 4.56. The summed E-state index contributed by atoms with van der Waals surface area (Å²) >= 11 is 13.5. The van der Waals surface area contributed by atoms with E-state index in [1.165, 1.54) is 30.0 Å². The van der Waals surface area contributed by atoms with Gasteiger partial charge in [-0.1, -0.05) is 41.4 Å². The molecule has 1 saturated heterocycles. The molecule has 0 spiro atoms. The van der Waals surface area contributed by atoms with Crippen molar-refractivity contribution in [1.82, 2.24) is 0 Å². The van der Waals surface area contributed by atoms with Gasteiger partial charge < -0.3 is 5.32 Å². The molecule has 152 valence electrons. The Morgan fingerprint density at radius 1 is 1.07 bits per heavy atom. The molecular weight excluding hydrogens is 446 g/mol. The maximum absolute atomic E-state index is 13.7. The monoisotopic (exact) mass is 460 g/mol. The van der Waals surface area contributed by atoms with E-state index in [2.05, 4.69) is 5.32 Å². The fourth-order valence-electron chi connectivity index (χ4n) is 3.22. The highest BCUT2D eigenvalue weighted by atomic mass is 35.5. The first kappa shape index (κ1) is 20.7. The first-order valence-corrected chi connectivity index (χ1v) is 10.8. The van der Waals surface area contributed by atoms with Gasteiger partial charge in [0.2, 0.25) is 5.91 Å². The maximum atomic E-state index is 13.7. The average Bonchev–Trinajstić information content (AvgIpc) is 3.09. The molecular formula is C22H15Cl2FN2O2S. The van der Waals surface area contributed by atoms with Gasteiger partial charge in [-0.15, -0.1) is 11.8 Å². The number of carbonyl (C=O) groups is 2. The van der Waals surface area contributed by atoms with Crippen molar-refractivity contribution < 1.29 is 14.0 Å². The molecule has 2 amide bonds. The molecule has 0 saturated carbocycles. The number of hydrogen-bond donors (Lipinski definition) is 1. The molecule has 4 rings (SSSR count). The van der Waals surface area contributed by atoms with Crippen molar-refractivity contribution in [2.45, 2.75) is 5.37 Å². The van der Waals surface area contributed by atoms with Gasteiger partial charge in [0.25, 0.3) is 5.91 Å². The van der Waals surface area contributed by atoms with Gasteiger partial charge in [-0.05, 0) is 54.1 Å². The van der Waals surface area contributed by atoms with Crippen molar-refractivity contribution in [1.29, 1.82) is 0 Å². The minimum atomic E-state index is -0.406. The van der Waals surface area contributed by atoms with Crippen molar-refractivity contribution in [2.24, 2.45) is 0 Å². The summed E-state index contributed by atoms with van der Waals surface area (Å²) in [7, 11) is 0. The Hall–Kier alpha value is -2.54. The summed E-state index contributed by atoms with van der Waals surface area (Å²) in [6.45, 7) is 0. The highest BCUT2D eigenvalue weighted by Crippen LogP contribution is 2.42. The number of anilines is 2. The van der Waals surface area contributed by atoms with E-state index in [4.69, 9.17) is 23.2 Å². The molecule has 1 atom stereocenters. The lowest BCUT2D eigenvalue weighted by molar-refractivity contribution is -0.115. The quantitative estimate of drug-likeness (QED) is 0.506. The highest BCUT2D eigenvalue weighted by Gasteiger charge is 2.34. The minimum absolute atomic E-state index is 0.0991. The van der Waals surface area contributed by atoms with Crippen LogP contribution in [0.25, 0.3) is 0 Å². The molecule has 1 fully saturated rings. The second-order valence-corrected chi connectivity index (χ2v) is 8.52. The summed E-state index contributed by atoms with van der Waals surface area (Å²) < 4.78 is 13.7. The van der Waals surface area contributed by atoms with Crippen molar-refractivity contribution in [3.63, 3.8) is 0 Å². The van der Waals surface area contributed by atoms with Crippen molar-refractivity contribution in [3.05, 3.63) is 93.7 Å². The smallest absolute Gasteiger partial charge is 0.257 e. The van der Waals surface area contributed by atoms with Crippen molar-refractivity contribution in [3.8, 4) is 0 Å². The fraction of sp³-hybridized carbons (Fsp3) is 0.0909. The summed E-state index contributed by atoms with van der Waals surface area (Å²) in [5.41, 5.74) is 2.17. The molecule has 0 radical (unpaired) electrons. The average molecular weight is 461 g/mol. The third-order valence-corrected chi connectivity index (χ3v) is 6.32. The number of rotatable bonds is 4. The van der Waals surface area contributed by atoms with Crippen LogP contribution in [0.1, 0.15) is 21.3 Å². The lowest BCUT2D eigenvalue weighted by Gasteiger charge is -2.24. The van der Waals surface area contributed by atoms with Crippen LogP contribution in [0.2, 0.25) is 10.0 Å². The van der Waals surface area contributed by atoms with E-state index in [1.807, 2.05) is 6.07 Å². The Bertz CT molecular complexity index is 1140. The van der Waals surface area contributed by atoms with Gasteiger partial charge in [-0.2, -0.15) is 0 Å². The molecule has 1 aliphatic heterocycles. The zero-order chi connectivity index (χ0) is 21.3. The fourth-order valence-corrected chi connectivity index (χ4v) is 4.88. The van der Waals surface area contributed by atoms with Crippen molar-refractivity contribution in [2.75, 3.05) is 16.0 Å². The molecule has 1 N–H and O–H groups in total. The molecule has 1 heterocycles. The van der Waals surface area contributed by atoms with Gasteiger partial charge in [-0.25, -0.2) is 4.39 Å². The van der Waals surface area contributed by atoms with E-state index in [0.717, 1.165) is 5.56 Å². The zero-order valence-corrected chi connectivity index (χ0v) is 17.8. The predicted molar refractivity (Wildman–Crippen MR) is 120 cm³/mol. The van der Waals surface area contributed by atoms with E-state index in [-0.39, 0.29) is 28.0 Å². The highest BCUT2D eigenvalue weighted by molar-refractivity contribution is 8.00. The minimum Gasteiger partial charge on any atom is -0.322 e. The predicted octanol–water partition coefficient (Wildman–Crippen LogP) is 6.16. The summed E-state index contributed by atoms with van der Waals surface area (Å²) in [5, 5.41) is 3.19. The first-order chi connectivity index (χ1) is 14.4. The molecule has 0 aliphatic carbocycles. The van der Waals surface area contributed by atoms with E-state index in [0.29, 0.717) is 22.0 Å². The van der Waals surface area contributed by atoms with Crippen LogP contribution >= 0.6 is 35.0 Å². The lowest BCUT2D eigenvalue weighted by atomic mass is 10.1. The first-order valence-electron chi connectivity index (χ1n) is 8.98. The van der Waals surface area contributed by atoms with Crippen molar-refractivity contribution >= 4 is 58.2 Å². The van der Waals surface area contributed by atoms with Gasteiger partial charge >= 0.3 is 0 Å². The number of thioether (sulfide) groups is 1. The summed E-state index contributed by atoms with van der Waals surface area (Å²) in [6, 6.07) is 17.8. The Morgan fingerprint density at radius 3 is 2.63 bits per heavy atom. The van der Waals surface area contributed by atoms with Gasteiger partial charge in [0.1, 0.15) is 11.2 Å². The molecule has 0 bridgehead atoms. The van der Waals surface area contributed by atoms with Gasteiger partial charge in [0.15, 0.2) is 0 Å². The number of nitrogens with one attached hydrogen (secondary N) is 1. The van der Waals surface area contributed by atoms with E-state index in [1.54, 1.807) is 47.4 Å². The Kier molecular flexibility index (Phi) is 5.99. The Labute approximate surface area is 187 Å². The van der Waals surface area contributed by atoms with Crippen LogP contribution in [0, 0.1) is 5.82 Å². The number of carbonyl (C=O) groups excluding carboxylic acids is 2. The number of hydrogen-bond acceptors (Lipinski definition) is 3. The van der Waals surface area contributed by atoms with Crippen LogP contribution in [0.4, 0.5) is 15.8 Å². The molecule has 0 aromatic heterocycles. The summed E-state index contributed by atoms with van der Waals surface area (Å²) in [6.07, 6.45) is 0. The molecule has 3 aromatic rings. The van der Waals surface area contributed by atoms with E-state index >= 15 is 0 Å². The molecule has 8 heteroatoms. The molecule has 30 heavy (non-hydrogen) atoms. The normalized spacial score (nSPS) is 16.0. The zero-order valence-electron chi connectivity index (χ0n) is 15.4. The van der Waals surface area contributed by atoms with Crippen LogP contribution in [0.3, 0.4) is 0 Å². The molecule has 4 nitrogen and oxygen atoms in total. The van der Waals surface area contributed by atoms with Crippen LogP contribution in [0.5, 0.6) is 0 Å². The Balaban J connectivity index is 1.59. The topological polar surface area (TPSA) is 49.4 Å². The second kappa shape index (κ2) is 8.68. The van der Waals surface area contributed by atoms with Crippen LogP contribution in [-0.4, -0.2) is 17.6 Å². The van der Waals surface area contributed by atoms with Crippen LogP contribution in [0.15, 0.2) is 66.7 Å².